The van der Waals surface area contributed by atoms with E-state index in [0.29, 0.717) is 16.1 Å². The van der Waals surface area contributed by atoms with Gasteiger partial charge in [0.25, 0.3) is 5.69 Å². The lowest BCUT2D eigenvalue weighted by atomic mass is 10.2. The average Bonchev–Trinajstić information content (AvgIpc) is 2.42. The molecule has 0 saturated carbocycles. The SMILES string of the molecule is O=[N+]([O-])c1ccc(CNc2cc(F)cc(F)c2F)c(Br)c1. The van der Waals surface area contributed by atoms with Gasteiger partial charge < -0.3 is 5.32 Å². The summed E-state index contributed by atoms with van der Waals surface area (Å²) >= 11 is 3.15. The summed E-state index contributed by atoms with van der Waals surface area (Å²) in [5, 5.41) is 13.1. The maximum absolute atomic E-state index is 13.4. The number of non-ortho nitro benzene ring substituents is 1. The predicted molar refractivity (Wildman–Crippen MR) is 74.4 cm³/mol. The maximum Gasteiger partial charge on any atom is 0.270 e. The van der Waals surface area contributed by atoms with Crippen LogP contribution in [0.5, 0.6) is 0 Å². The lowest BCUT2D eigenvalue weighted by Crippen LogP contribution is -2.04. The number of nitro benzene ring substituents is 1. The van der Waals surface area contributed by atoms with Gasteiger partial charge >= 0.3 is 0 Å². The third-order valence-corrected chi connectivity index (χ3v) is 3.45. The van der Waals surface area contributed by atoms with Crippen LogP contribution >= 0.6 is 15.9 Å². The van der Waals surface area contributed by atoms with E-state index in [2.05, 4.69) is 21.2 Å². The van der Waals surface area contributed by atoms with Gasteiger partial charge in [-0.1, -0.05) is 15.9 Å². The van der Waals surface area contributed by atoms with E-state index < -0.39 is 22.4 Å². The number of benzene rings is 2. The lowest BCUT2D eigenvalue weighted by Gasteiger charge is -2.09. The second-order valence-corrected chi connectivity index (χ2v) is 4.99. The van der Waals surface area contributed by atoms with Gasteiger partial charge in [0.05, 0.1) is 10.6 Å². The zero-order chi connectivity index (χ0) is 15.6. The zero-order valence-electron chi connectivity index (χ0n) is 10.4. The van der Waals surface area contributed by atoms with Crippen LogP contribution in [0.4, 0.5) is 24.5 Å². The first-order valence-corrected chi connectivity index (χ1v) is 6.49. The number of hydrogen-bond donors (Lipinski definition) is 1. The Kier molecular flexibility index (Phi) is 4.46. The molecule has 21 heavy (non-hydrogen) atoms. The predicted octanol–water partition coefficient (Wildman–Crippen LogP) is 4.39. The smallest absolute Gasteiger partial charge is 0.270 e. The van der Waals surface area contributed by atoms with Crippen molar-refractivity contribution in [1.29, 1.82) is 0 Å². The summed E-state index contributed by atoms with van der Waals surface area (Å²) in [6, 6.07) is 5.31. The quantitative estimate of drug-likeness (QED) is 0.499. The van der Waals surface area contributed by atoms with Crippen molar-refractivity contribution in [1.82, 2.24) is 0 Å². The van der Waals surface area contributed by atoms with E-state index in [4.69, 9.17) is 0 Å². The van der Waals surface area contributed by atoms with Gasteiger partial charge in [0, 0.05) is 35.3 Å². The normalized spacial score (nSPS) is 10.5. The molecule has 0 radical (unpaired) electrons. The summed E-state index contributed by atoms with van der Waals surface area (Å²) in [4.78, 5) is 10.0. The fourth-order valence-electron chi connectivity index (χ4n) is 1.67. The molecule has 0 aliphatic rings. The van der Waals surface area contributed by atoms with Gasteiger partial charge in [0.15, 0.2) is 11.6 Å². The Bertz CT molecular complexity index is 710. The van der Waals surface area contributed by atoms with E-state index in [1.165, 1.54) is 18.2 Å². The average molecular weight is 361 g/mol. The number of hydrogen-bond acceptors (Lipinski definition) is 3. The zero-order valence-corrected chi connectivity index (χ0v) is 12.0. The molecule has 0 amide bonds. The molecule has 0 aromatic heterocycles. The van der Waals surface area contributed by atoms with Crippen molar-refractivity contribution in [2.24, 2.45) is 0 Å². The molecule has 0 bridgehead atoms. The third-order valence-electron chi connectivity index (χ3n) is 2.71. The van der Waals surface area contributed by atoms with Crippen molar-refractivity contribution in [3.05, 3.63) is 67.9 Å². The van der Waals surface area contributed by atoms with Crippen molar-refractivity contribution < 1.29 is 18.1 Å². The van der Waals surface area contributed by atoms with Gasteiger partial charge in [-0.2, -0.15) is 0 Å². The van der Waals surface area contributed by atoms with Crippen LogP contribution in [0, 0.1) is 27.6 Å². The fourth-order valence-corrected chi connectivity index (χ4v) is 2.18. The van der Waals surface area contributed by atoms with Gasteiger partial charge in [-0.25, -0.2) is 13.2 Å². The van der Waals surface area contributed by atoms with Crippen LogP contribution in [-0.2, 0) is 6.54 Å². The summed E-state index contributed by atoms with van der Waals surface area (Å²) in [6.45, 7) is 0.0401. The number of nitrogens with one attached hydrogen (secondary N) is 1. The Morgan fingerprint density at radius 3 is 2.52 bits per heavy atom. The molecule has 4 nitrogen and oxygen atoms in total. The lowest BCUT2D eigenvalue weighted by molar-refractivity contribution is -0.384. The highest BCUT2D eigenvalue weighted by Crippen LogP contribution is 2.25. The highest BCUT2D eigenvalue weighted by atomic mass is 79.9. The number of rotatable bonds is 4. The molecule has 0 unspecified atom stereocenters. The topological polar surface area (TPSA) is 55.2 Å². The van der Waals surface area contributed by atoms with Gasteiger partial charge in [-0.05, 0) is 11.6 Å². The molecule has 0 aliphatic carbocycles. The van der Waals surface area contributed by atoms with Crippen LogP contribution in [0.25, 0.3) is 0 Å². The number of anilines is 1. The first-order valence-electron chi connectivity index (χ1n) is 5.69. The van der Waals surface area contributed by atoms with Gasteiger partial charge in [0.2, 0.25) is 0 Å². The standard InChI is InChI=1S/C13H8BrF3N2O2/c14-10-5-9(19(20)21)2-1-7(10)6-18-12-4-8(15)3-11(16)13(12)17/h1-5,18H,6H2. The first-order chi connectivity index (χ1) is 9.88. The van der Waals surface area contributed by atoms with Crippen LogP contribution in [-0.4, -0.2) is 4.92 Å². The molecule has 0 atom stereocenters. The molecule has 2 aromatic rings. The van der Waals surface area contributed by atoms with Crippen molar-refractivity contribution >= 4 is 27.3 Å². The van der Waals surface area contributed by atoms with E-state index in [9.17, 15) is 23.3 Å². The summed E-state index contributed by atoms with van der Waals surface area (Å²) < 4.78 is 40.0. The van der Waals surface area contributed by atoms with E-state index in [-0.39, 0.29) is 17.9 Å². The number of nitrogens with zero attached hydrogens (tertiary/aromatic N) is 1. The molecule has 8 heteroatoms. The molecule has 0 heterocycles. The van der Waals surface area contributed by atoms with E-state index in [1.54, 1.807) is 0 Å². The Morgan fingerprint density at radius 1 is 1.19 bits per heavy atom. The van der Waals surface area contributed by atoms with E-state index in [0.717, 1.165) is 6.07 Å². The Morgan fingerprint density at radius 2 is 1.90 bits per heavy atom. The van der Waals surface area contributed by atoms with Crippen LogP contribution in [0.2, 0.25) is 0 Å². The molecule has 110 valence electrons. The second kappa shape index (κ2) is 6.13. The molecule has 0 fully saturated rings. The van der Waals surface area contributed by atoms with Crippen molar-refractivity contribution in [2.45, 2.75) is 6.54 Å². The molecular formula is C13H8BrF3N2O2. The largest absolute Gasteiger partial charge is 0.378 e. The van der Waals surface area contributed by atoms with E-state index >= 15 is 0 Å². The number of halogens is 4. The Balaban J connectivity index is 2.19. The van der Waals surface area contributed by atoms with Crippen molar-refractivity contribution in [3.8, 4) is 0 Å². The molecule has 0 aliphatic heterocycles. The Hall–Kier alpha value is -2.09. The third kappa shape index (κ3) is 3.52. The second-order valence-electron chi connectivity index (χ2n) is 4.14. The minimum atomic E-state index is -1.29. The summed E-state index contributed by atoms with van der Waals surface area (Å²) in [5.74, 6) is -3.38. The van der Waals surface area contributed by atoms with Gasteiger partial charge in [0.1, 0.15) is 5.82 Å². The summed E-state index contributed by atoms with van der Waals surface area (Å²) in [6.07, 6.45) is 0. The van der Waals surface area contributed by atoms with Crippen molar-refractivity contribution in [2.75, 3.05) is 5.32 Å². The molecule has 2 aromatic carbocycles. The van der Waals surface area contributed by atoms with Crippen LogP contribution in [0.1, 0.15) is 5.56 Å². The van der Waals surface area contributed by atoms with Crippen LogP contribution < -0.4 is 5.32 Å². The molecule has 0 spiro atoms. The van der Waals surface area contributed by atoms with E-state index in [1.807, 2.05) is 0 Å². The summed E-state index contributed by atoms with van der Waals surface area (Å²) in [7, 11) is 0. The minimum absolute atomic E-state index is 0.0401. The monoisotopic (exact) mass is 360 g/mol. The number of nitro groups is 1. The molecule has 2 rings (SSSR count). The molecule has 0 saturated heterocycles. The van der Waals surface area contributed by atoms with Crippen LogP contribution in [0.3, 0.4) is 0 Å². The van der Waals surface area contributed by atoms with Crippen molar-refractivity contribution in [3.63, 3.8) is 0 Å². The van der Waals surface area contributed by atoms with Crippen LogP contribution in [0.15, 0.2) is 34.8 Å². The van der Waals surface area contributed by atoms with Gasteiger partial charge in [-0.15, -0.1) is 0 Å². The highest BCUT2D eigenvalue weighted by molar-refractivity contribution is 9.10. The highest BCUT2D eigenvalue weighted by Gasteiger charge is 2.12. The van der Waals surface area contributed by atoms with Gasteiger partial charge in [-0.3, -0.25) is 10.1 Å². The first kappa shape index (κ1) is 15.3. The minimum Gasteiger partial charge on any atom is -0.378 e. The maximum atomic E-state index is 13.4. The molecular weight excluding hydrogens is 353 g/mol. The Labute approximate surface area is 125 Å². The summed E-state index contributed by atoms with van der Waals surface area (Å²) in [5.41, 5.74) is 0.149. The fraction of sp³-hybridized carbons (Fsp3) is 0.0769. The molecule has 1 N–H and O–H groups in total.